The topological polar surface area (TPSA) is 86.1 Å². The van der Waals surface area contributed by atoms with Crippen LogP contribution in [-0.4, -0.2) is 62.2 Å². The van der Waals surface area contributed by atoms with E-state index in [4.69, 9.17) is 9.73 Å². The minimum absolute atomic E-state index is 0.00262. The average Bonchev–Trinajstić information content (AvgIpc) is 3.05. The Bertz CT molecular complexity index is 365. The number of hydrogen-bond acceptors (Lipinski definition) is 4. The molecule has 1 aliphatic heterocycles. The number of nitrogens with one attached hydrogen (secondary N) is 2. The Labute approximate surface area is 147 Å². The molecule has 4 N–H and O–H groups in total. The third-order valence-electron chi connectivity index (χ3n) is 5.52. The average molecular weight is 344 g/mol. The van der Waals surface area contributed by atoms with E-state index in [2.05, 4.69) is 31.4 Å². The first kappa shape index (κ1) is 21.2. The standard InChI is InChI=1S/C18H37N3O3/c1-4-17(5-2,7-10-22)13-20-16(19-6-3)21-14-18(8-11-23)9-12-24-15-18/h22-23H,4-15H2,1-3H3,(H2,19,20,21). The van der Waals surface area contributed by atoms with Gasteiger partial charge in [0.05, 0.1) is 6.61 Å². The van der Waals surface area contributed by atoms with E-state index in [1.54, 1.807) is 0 Å². The molecule has 0 spiro atoms. The minimum Gasteiger partial charge on any atom is -0.396 e. The number of hydrogen-bond donors (Lipinski definition) is 4. The molecule has 142 valence electrons. The number of aliphatic imine (C=N–C) groups is 1. The van der Waals surface area contributed by atoms with Gasteiger partial charge >= 0.3 is 0 Å². The predicted octanol–water partition coefficient (Wildman–Crippen LogP) is 1.52. The summed E-state index contributed by atoms with van der Waals surface area (Å²) in [6, 6.07) is 0. The molecule has 6 heteroatoms. The number of aliphatic hydroxyl groups is 2. The lowest BCUT2D eigenvalue weighted by molar-refractivity contribution is 0.127. The first-order valence-electron chi connectivity index (χ1n) is 9.41. The van der Waals surface area contributed by atoms with Crippen LogP contribution in [0.4, 0.5) is 0 Å². The van der Waals surface area contributed by atoms with Crippen molar-refractivity contribution in [1.82, 2.24) is 10.6 Å². The highest BCUT2D eigenvalue weighted by Gasteiger charge is 2.34. The Balaban J connectivity index is 2.70. The first-order valence-corrected chi connectivity index (χ1v) is 9.41. The second-order valence-corrected chi connectivity index (χ2v) is 7.01. The largest absolute Gasteiger partial charge is 0.396 e. The maximum atomic E-state index is 9.36. The van der Waals surface area contributed by atoms with Crippen LogP contribution in [0.1, 0.15) is 52.9 Å². The Morgan fingerprint density at radius 2 is 1.92 bits per heavy atom. The highest BCUT2D eigenvalue weighted by Crippen LogP contribution is 2.32. The summed E-state index contributed by atoms with van der Waals surface area (Å²) in [5, 5.41) is 25.4. The molecule has 1 unspecified atom stereocenters. The van der Waals surface area contributed by atoms with Crippen molar-refractivity contribution < 1.29 is 14.9 Å². The summed E-state index contributed by atoms with van der Waals surface area (Å²) < 4.78 is 5.55. The molecule has 24 heavy (non-hydrogen) atoms. The number of guanidine groups is 1. The summed E-state index contributed by atoms with van der Waals surface area (Å²) in [5.41, 5.74) is 0.0685. The summed E-state index contributed by atoms with van der Waals surface area (Å²) in [4.78, 5) is 4.78. The van der Waals surface area contributed by atoms with Crippen LogP contribution in [0.25, 0.3) is 0 Å². The Hall–Kier alpha value is -0.850. The van der Waals surface area contributed by atoms with Crippen molar-refractivity contribution in [1.29, 1.82) is 0 Å². The van der Waals surface area contributed by atoms with Crippen LogP contribution in [0, 0.1) is 10.8 Å². The van der Waals surface area contributed by atoms with Crippen LogP contribution in [0.15, 0.2) is 4.99 Å². The van der Waals surface area contributed by atoms with Crippen molar-refractivity contribution >= 4 is 5.96 Å². The van der Waals surface area contributed by atoms with Crippen LogP contribution >= 0.6 is 0 Å². The Kier molecular flexibility index (Phi) is 9.63. The minimum atomic E-state index is 0.00262. The van der Waals surface area contributed by atoms with Gasteiger partial charge < -0.3 is 25.6 Å². The highest BCUT2D eigenvalue weighted by molar-refractivity contribution is 5.79. The van der Waals surface area contributed by atoms with Gasteiger partial charge in [-0.25, -0.2) is 0 Å². The van der Waals surface area contributed by atoms with Gasteiger partial charge in [-0.1, -0.05) is 13.8 Å². The second-order valence-electron chi connectivity index (χ2n) is 7.01. The molecular formula is C18H37N3O3. The van der Waals surface area contributed by atoms with Crippen molar-refractivity contribution in [3.05, 3.63) is 0 Å². The molecule has 0 aromatic rings. The van der Waals surface area contributed by atoms with E-state index < -0.39 is 0 Å². The number of ether oxygens (including phenoxy) is 1. The fourth-order valence-electron chi connectivity index (χ4n) is 3.31. The third-order valence-corrected chi connectivity index (χ3v) is 5.52. The third kappa shape index (κ3) is 6.22. The number of rotatable bonds is 11. The van der Waals surface area contributed by atoms with Crippen molar-refractivity contribution in [3.8, 4) is 0 Å². The zero-order chi connectivity index (χ0) is 17.9. The van der Waals surface area contributed by atoms with Crippen molar-refractivity contribution in [2.24, 2.45) is 15.8 Å². The van der Waals surface area contributed by atoms with Crippen LogP contribution < -0.4 is 10.6 Å². The lowest BCUT2D eigenvalue weighted by atomic mass is 9.79. The van der Waals surface area contributed by atoms with Gasteiger partial charge in [0.1, 0.15) is 0 Å². The van der Waals surface area contributed by atoms with Gasteiger partial charge in [0.2, 0.25) is 0 Å². The first-order chi connectivity index (χ1) is 11.6. The molecule has 1 aliphatic rings. The maximum Gasteiger partial charge on any atom is 0.191 e. The lowest BCUT2D eigenvalue weighted by Gasteiger charge is -2.30. The summed E-state index contributed by atoms with van der Waals surface area (Å²) in [5.74, 6) is 0.811. The Morgan fingerprint density at radius 1 is 1.17 bits per heavy atom. The van der Waals surface area contributed by atoms with Crippen molar-refractivity contribution in [3.63, 3.8) is 0 Å². The summed E-state index contributed by atoms with van der Waals surface area (Å²) in [7, 11) is 0. The molecule has 0 radical (unpaired) electrons. The molecule has 0 bridgehead atoms. The molecule has 0 aromatic heterocycles. The molecule has 0 amide bonds. The summed E-state index contributed by atoms with van der Waals surface area (Å²) >= 11 is 0. The van der Waals surface area contributed by atoms with Crippen LogP contribution in [-0.2, 0) is 4.74 Å². The van der Waals surface area contributed by atoms with Gasteiger partial charge in [0.25, 0.3) is 0 Å². The molecule has 0 aliphatic carbocycles. The van der Waals surface area contributed by atoms with Gasteiger partial charge in [-0.2, -0.15) is 0 Å². The van der Waals surface area contributed by atoms with E-state index in [1.165, 1.54) is 0 Å². The number of aliphatic hydroxyl groups excluding tert-OH is 2. The van der Waals surface area contributed by atoms with Gasteiger partial charge in [-0.15, -0.1) is 0 Å². The van der Waals surface area contributed by atoms with E-state index in [-0.39, 0.29) is 24.0 Å². The van der Waals surface area contributed by atoms with E-state index in [9.17, 15) is 10.2 Å². The van der Waals surface area contributed by atoms with Gasteiger partial charge in [-0.05, 0) is 44.4 Å². The molecular weight excluding hydrogens is 306 g/mol. The molecule has 1 saturated heterocycles. The quantitative estimate of drug-likeness (QED) is 0.338. The van der Waals surface area contributed by atoms with Gasteiger partial charge in [-0.3, -0.25) is 4.99 Å². The molecule has 0 saturated carbocycles. The lowest BCUT2D eigenvalue weighted by Crippen LogP contribution is -2.45. The van der Waals surface area contributed by atoms with Gasteiger partial charge in [0.15, 0.2) is 5.96 Å². The molecule has 0 aromatic carbocycles. The SMILES string of the molecule is CCNC(=NCC(CC)(CC)CCO)NCC1(CCO)CCOC1. The monoisotopic (exact) mass is 343 g/mol. The normalized spacial score (nSPS) is 22.0. The fraction of sp³-hybridized carbons (Fsp3) is 0.944. The summed E-state index contributed by atoms with van der Waals surface area (Å²) in [6.07, 6.45) is 4.52. The zero-order valence-electron chi connectivity index (χ0n) is 15.7. The van der Waals surface area contributed by atoms with Crippen molar-refractivity contribution in [2.45, 2.75) is 52.9 Å². The van der Waals surface area contributed by atoms with Gasteiger partial charge in [0, 0.05) is 44.9 Å². The van der Waals surface area contributed by atoms with E-state index in [0.717, 1.165) is 57.8 Å². The second kappa shape index (κ2) is 10.9. The van der Waals surface area contributed by atoms with Crippen LogP contribution in [0.2, 0.25) is 0 Å². The molecule has 1 atom stereocenters. The van der Waals surface area contributed by atoms with E-state index in [0.29, 0.717) is 13.2 Å². The highest BCUT2D eigenvalue weighted by atomic mass is 16.5. The van der Waals surface area contributed by atoms with E-state index >= 15 is 0 Å². The zero-order valence-corrected chi connectivity index (χ0v) is 15.7. The van der Waals surface area contributed by atoms with Crippen LogP contribution in [0.3, 0.4) is 0 Å². The molecule has 1 fully saturated rings. The summed E-state index contributed by atoms with van der Waals surface area (Å²) in [6.45, 7) is 10.5. The predicted molar refractivity (Wildman–Crippen MR) is 98.3 cm³/mol. The number of nitrogens with zero attached hydrogens (tertiary/aromatic N) is 1. The van der Waals surface area contributed by atoms with Crippen LogP contribution in [0.5, 0.6) is 0 Å². The molecule has 1 rings (SSSR count). The van der Waals surface area contributed by atoms with E-state index in [1.807, 2.05) is 0 Å². The molecule has 1 heterocycles. The maximum absolute atomic E-state index is 9.36. The van der Waals surface area contributed by atoms with Crippen molar-refractivity contribution in [2.75, 3.05) is 46.1 Å². The Morgan fingerprint density at radius 3 is 2.42 bits per heavy atom. The smallest absolute Gasteiger partial charge is 0.191 e. The molecule has 6 nitrogen and oxygen atoms in total. The fourth-order valence-corrected chi connectivity index (χ4v) is 3.31.